The second kappa shape index (κ2) is 9.45. The van der Waals surface area contributed by atoms with Gasteiger partial charge < -0.3 is 29.1 Å². The van der Waals surface area contributed by atoms with Crippen LogP contribution >= 0.6 is 0 Å². The summed E-state index contributed by atoms with van der Waals surface area (Å²) < 4.78 is 17.1. The fourth-order valence-electron chi connectivity index (χ4n) is 3.11. The first kappa shape index (κ1) is 21.4. The fraction of sp³-hybridized carbons (Fsp3) is 0.381. The minimum absolute atomic E-state index is 0.130. The van der Waals surface area contributed by atoms with Crippen LogP contribution < -0.4 is 10.6 Å². The summed E-state index contributed by atoms with van der Waals surface area (Å²) >= 11 is 0. The molecule has 3 aromatic rings. The van der Waals surface area contributed by atoms with Gasteiger partial charge in [-0.15, -0.1) is 0 Å². The molecule has 1 unspecified atom stereocenters. The number of carbonyl (C=O) groups excluding carboxylic acids is 2. The number of carbonyl (C=O) groups is 2. The molecular formula is C21H26N4O5. The van der Waals surface area contributed by atoms with E-state index < -0.39 is 11.9 Å². The molecule has 0 saturated heterocycles. The number of hydrogen-bond acceptors (Lipinski definition) is 7. The number of amides is 1. The van der Waals surface area contributed by atoms with Crippen LogP contribution in [0, 0.1) is 0 Å². The van der Waals surface area contributed by atoms with Gasteiger partial charge in [0.25, 0.3) is 5.91 Å². The first-order valence-electron chi connectivity index (χ1n) is 9.71. The Morgan fingerprint density at radius 3 is 2.77 bits per heavy atom. The van der Waals surface area contributed by atoms with E-state index >= 15 is 0 Å². The van der Waals surface area contributed by atoms with Gasteiger partial charge in [0.15, 0.2) is 11.5 Å². The Morgan fingerprint density at radius 1 is 1.33 bits per heavy atom. The van der Waals surface area contributed by atoms with Gasteiger partial charge in [-0.05, 0) is 31.5 Å². The average Bonchev–Trinajstić information content (AvgIpc) is 3.39. The number of fused-ring (bicyclic) bond motifs is 1. The van der Waals surface area contributed by atoms with Crippen LogP contribution in [0.2, 0.25) is 0 Å². The molecule has 9 nitrogen and oxygen atoms in total. The first-order chi connectivity index (χ1) is 14.5. The van der Waals surface area contributed by atoms with Crippen molar-refractivity contribution in [3.05, 3.63) is 42.1 Å². The molecule has 160 valence electrons. The molecule has 9 heteroatoms. The Kier molecular flexibility index (Phi) is 6.73. The highest BCUT2D eigenvalue weighted by Crippen LogP contribution is 2.33. The normalized spacial score (nSPS) is 12.0. The van der Waals surface area contributed by atoms with Gasteiger partial charge in [0.1, 0.15) is 5.65 Å². The highest BCUT2D eigenvalue weighted by atomic mass is 16.5. The third-order valence-electron chi connectivity index (χ3n) is 4.81. The van der Waals surface area contributed by atoms with Crippen LogP contribution in [0.3, 0.4) is 0 Å². The molecule has 0 bridgehead atoms. The van der Waals surface area contributed by atoms with Crippen molar-refractivity contribution in [2.24, 2.45) is 0 Å². The van der Waals surface area contributed by atoms with Gasteiger partial charge in [0.05, 0.1) is 37.6 Å². The van der Waals surface area contributed by atoms with Crippen molar-refractivity contribution in [2.45, 2.75) is 32.9 Å². The van der Waals surface area contributed by atoms with Crippen molar-refractivity contribution in [1.82, 2.24) is 9.55 Å². The van der Waals surface area contributed by atoms with Gasteiger partial charge in [-0.2, -0.15) is 0 Å². The van der Waals surface area contributed by atoms with Gasteiger partial charge in [0.2, 0.25) is 0 Å². The Bertz CT molecular complexity index is 1030. The number of anilines is 2. The number of nitrogens with one attached hydrogen (secondary N) is 2. The topological polar surface area (TPSA) is 108 Å². The summed E-state index contributed by atoms with van der Waals surface area (Å²) in [6.07, 6.45) is 4.05. The van der Waals surface area contributed by atoms with E-state index in [1.165, 1.54) is 13.4 Å². The first-order valence-corrected chi connectivity index (χ1v) is 9.71. The lowest BCUT2D eigenvalue weighted by Gasteiger charge is -2.13. The number of methoxy groups -OCH3 is 2. The summed E-state index contributed by atoms with van der Waals surface area (Å²) in [5.41, 5.74) is 1.83. The maximum absolute atomic E-state index is 12.7. The number of aromatic nitrogens is 2. The molecule has 0 aliphatic carbocycles. The van der Waals surface area contributed by atoms with Crippen molar-refractivity contribution in [3.8, 4) is 0 Å². The zero-order valence-electron chi connectivity index (χ0n) is 17.5. The molecule has 3 rings (SSSR count). The Morgan fingerprint density at radius 2 is 2.13 bits per heavy atom. The Hall–Kier alpha value is -3.33. The van der Waals surface area contributed by atoms with Crippen LogP contribution in [0.15, 0.2) is 35.1 Å². The number of furan rings is 1. The van der Waals surface area contributed by atoms with Crippen molar-refractivity contribution in [3.63, 3.8) is 0 Å². The molecule has 30 heavy (non-hydrogen) atoms. The number of ether oxygens (including phenoxy) is 2. The van der Waals surface area contributed by atoms with E-state index in [-0.39, 0.29) is 17.5 Å². The predicted molar refractivity (Wildman–Crippen MR) is 113 cm³/mol. The maximum Gasteiger partial charge on any atom is 0.356 e. The van der Waals surface area contributed by atoms with Gasteiger partial charge in [-0.25, -0.2) is 9.78 Å². The predicted octanol–water partition coefficient (Wildman–Crippen LogP) is 3.53. The van der Waals surface area contributed by atoms with E-state index in [4.69, 9.17) is 13.9 Å². The molecule has 2 N–H and O–H groups in total. The Labute approximate surface area is 174 Å². The molecule has 1 atom stereocenters. The van der Waals surface area contributed by atoms with Crippen LogP contribution in [0.25, 0.3) is 11.0 Å². The summed E-state index contributed by atoms with van der Waals surface area (Å²) in [6, 6.07) is 5.27. The third kappa shape index (κ3) is 4.30. The summed E-state index contributed by atoms with van der Waals surface area (Å²) in [5.74, 6) is -0.933. The molecule has 0 aliphatic rings. The number of rotatable bonds is 9. The molecule has 0 radical (unpaired) electrons. The van der Waals surface area contributed by atoms with Crippen LogP contribution in [0.1, 0.15) is 41.3 Å². The quantitative estimate of drug-likeness (QED) is 0.516. The SMILES string of the molecule is CCC(C)Nc1cnc2c(c1)c(NC(=O)c1ccco1)c(C(=O)OC)n2CCOC. The number of esters is 1. The number of nitrogens with zero attached hydrogens (tertiary/aromatic N) is 2. The van der Waals surface area contributed by atoms with Crippen molar-refractivity contribution < 1.29 is 23.5 Å². The molecule has 0 aliphatic heterocycles. The number of pyridine rings is 1. The van der Waals surface area contributed by atoms with Crippen molar-refractivity contribution in [2.75, 3.05) is 31.5 Å². The number of hydrogen-bond donors (Lipinski definition) is 2. The van der Waals surface area contributed by atoms with Gasteiger partial charge >= 0.3 is 5.97 Å². The van der Waals surface area contributed by atoms with Crippen LogP contribution in [-0.4, -0.2) is 48.3 Å². The fourth-order valence-corrected chi connectivity index (χ4v) is 3.11. The average molecular weight is 414 g/mol. The lowest BCUT2D eigenvalue weighted by Crippen LogP contribution is -2.18. The van der Waals surface area contributed by atoms with E-state index in [1.54, 1.807) is 30.0 Å². The second-order valence-electron chi connectivity index (χ2n) is 6.84. The van der Waals surface area contributed by atoms with Crippen molar-refractivity contribution >= 4 is 34.3 Å². The van der Waals surface area contributed by atoms with E-state index in [9.17, 15) is 9.59 Å². The summed E-state index contributed by atoms with van der Waals surface area (Å²) in [7, 11) is 2.87. The van der Waals surface area contributed by atoms with Gasteiger partial charge in [-0.3, -0.25) is 4.79 Å². The molecule has 0 saturated carbocycles. The Balaban J connectivity index is 2.17. The minimum Gasteiger partial charge on any atom is -0.464 e. The second-order valence-corrected chi connectivity index (χ2v) is 6.84. The van der Waals surface area contributed by atoms with Crippen molar-refractivity contribution in [1.29, 1.82) is 0 Å². The van der Waals surface area contributed by atoms with E-state index in [1.807, 2.05) is 6.07 Å². The summed E-state index contributed by atoms with van der Waals surface area (Å²) in [4.78, 5) is 29.9. The lowest BCUT2D eigenvalue weighted by atomic mass is 10.2. The van der Waals surface area contributed by atoms with E-state index in [0.29, 0.717) is 29.9 Å². The lowest BCUT2D eigenvalue weighted by molar-refractivity contribution is 0.0588. The standard InChI is InChI=1S/C21H26N4O5/c1-5-13(2)23-14-11-15-17(24-20(26)16-7-6-9-30-16)18(21(27)29-4)25(8-10-28-3)19(15)22-12-14/h6-7,9,11-13,23H,5,8,10H2,1-4H3,(H,24,26). The summed E-state index contributed by atoms with van der Waals surface area (Å²) in [5, 5.41) is 6.77. The molecule has 0 spiro atoms. The molecular weight excluding hydrogens is 388 g/mol. The molecule has 3 heterocycles. The van der Waals surface area contributed by atoms with Gasteiger partial charge in [-0.1, -0.05) is 6.92 Å². The molecule has 3 aromatic heterocycles. The highest BCUT2D eigenvalue weighted by molar-refractivity contribution is 6.14. The molecule has 0 aromatic carbocycles. The zero-order chi connectivity index (χ0) is 21.7. The third-order valence-corrected chi connectivity index (χ3v) is 4.81. The smallest absolute Gasteiger partial charge is 0.356 e. The largest absolute Gasteiger partial charge is 0.464 e. The zero-order valence-corrected chi connectivity index (χ0v) is 17.5. The van der Waals surface area contributed by atoms with Crippen LogP contribution in [0.5, 0.6) is 0 Å². The molecule has 0 fully saturated rings. The summed E-state index contributed by atoms with van der Waals surface area (Å²) in [6.45, 7) is 4.86. The van der Waals surface area contributed by atoms with E-state index in [0.717, 1.165) is 12.1 Å². The maximum atomic E-state index is 12.7. The van der Waals surface area contributed by atoms with Crippen LogP contribution in [0.4, 0.5) is 11.4 Å². The monoisotopic (exact) mass is 414 g/mol. The molecule has 1 amide bonds. The van der Waals surface area contributed by atoms with Crippen LogP contribution in [-0.2, 0) is 16.0 Å². The van der Waals surface area contributed by atoms with Gasteiger partial charge in [0, 0.05) is 25.1 Å². The minimum atomic E-state index is -0.588. The highest BCUT2D eigenvalue weighted by Gasteiger charge is 2.27. The van der Waals surface area contributed by atoms with E-state index in [2.05, 4.69) is 29.5 Å².